The van der Waals surface area contributed by atoms with E-state index in [0.29, 0.717) is 17.4 Å². The lowest BCUT2D eigenvalue weighted by Crippen LogP contribution is -2.37. The quantitative estimate of drug-likeness (QED) is 0.0211. The van der Waals surface area contributed by atoms with Crippen molar-refractivity contribution in [3.8, 4) is 0 Å². The van der Waals surface area contributed by atoms with Crippen LogP contribution in [0.1, 0.15) is 328 Å². The van der Waals surface area contributed by atoms with Crippen LogP contribution in [0.15, 0.2) is 146 Å². The van der Waals surface area contributed by atoms with Crippen LogP contribution in [0.4, 0.5) is 0 Å². The zero-order valence-corrected chi connectivity index (χ0v) is 63.0. The first-order valence-corrected chi connectivity index (χ1v) is 40.6. The molecule has 544 valence electrons. The Morgan fingerprint density at radius 1 is 0.337 bits per heavy atom. The van der Waals surface area contributed by atoms with E-state index in [4.69, 9.17) is 18.5 Å². The van der Waals surface area contributed by atoms with Gasteiger partial charge in [-0.25, -0.2) is 4.57 Å². The Balaban J connectivity index is 4.12. The number of quaternary nitrogens is 1. The molecular formula is C85H147NO8P+. The van der Waals surface area contributed by atoms with E-state index in [1.807, 2.05) is 21.1 Å². The van der Waals surface area contributed by atoms with Gasteiger partial charge in [-0.05, 0) is 103 Å². The molecule has 0 amide bonds. The molecule has 10 heteroatoms. The zero-order valence-electron chi connectivity index (χ0n) is 62.1. The molecular weight excluding hydrogens is 1190 g/mol. The van der Waals surface area contributed by atoms with Gasteiger partial charge in [-0.3, -0.25) is 18.6 Å². The molecule has 0 aromatic carbocycles. The molecule has 0 heterocycles. The fraction of sp³-hybridized carbons (Fsp3) is 0.694. The average molecular weight is 1340 g/mol. The Hall–Kier alpha value is -4.11. The van der Waals surface area contributed by atoms with Gasteiger partial charge in [-0.2, -0.15) is 0 Å². The molecule has 0 aliphatic carbocycles. The van der Waals surface area contributed by atoms with Crippen LogP contribution in [0.25, 0.3) is 0 Å². The topological polar surface area (TPSA) is 108 Å². The summed E-state index contributed by atoms with van der Waals surface area (Å²) in [6, 6.07) is 0. The summed E-state index contributed by atoms with van der Waals surface area (Å²) in [5.74, 6) is -0.846. The van der Waals surface area contributed by atoms with Gasteiger partial charge in [0.2, 0.25) is 0 Å². The van der Waals surface area contributed by atoms with E-state index in [0.717, 1.165) is 109 Å². The number of likely N-dealkylation sites (N-methyl/N-ethyl adjacent to an activating group) is 1. The number of esters is 2. The number of carbonyl (C=O) groups excluding carboxylic acids is 2. The van der Waals surface area contributed by atoms with Crippen molar-refractivity contribution in [2.75, 3.05) is 47.5 Å². The fourth-order valence-electron chi connectivity index (χ4n) is 10.7. The summed E-state index contributed by atoms with van der Waals surface area (Å²) < 4.78 is 34.7. The van der Waals surface area contributed by atoms with Crippen molar-refractivity contribution in [1.82, 2.24) is 0 Å². The monoisotopic (exact) mass is 1340 g/mol. The molecule has 0 aliphatic heterocycles. The maximum Gasteiger partial charge on any atom is 0.472 e. The average Bonchev–Trinajstić information content (AvgIpc) is 2.18. The summed E-state index contributed by atoms with van der Waals surface area (Å²) in [5, 5.41) is 0. The van der Waals surface area contributed by atoms with Crippen molar-refractivity contribution in [3.05, 3.63) is 146 Å². The van der Waals surface area contributed by atoms with Crippen molar-refractivity contribution in [2.45, 2.75) is 335 Å². The van der Waals surface area contributed by atoms with E-state index in [-0.39, 0.29) is 32.0 Å². The Morgan fingerprint density at radius 3 is 0.895 bits per heavy atom. The van der Waals surface area contributed by atoms with Crippen LogP contribution in [-0.2, 0) is 32.7 Å². The standard InChI is InChI=1S/C85H146NO8P/c1-6-8-10-12-14-16-18-20-22-24-26-28-30-32-34-36-38-40-41-42-43-44-45-46-48-50-52-54-56-58-60-62-64-66-68-70-72-74-76-78-85(88)94-83(82-93-95(89,90)92-80-79-86(3,4)5)81-91-84(87)77-75-73-71-69-67-65-63-61-59-57-55-53-51-49-47-39-37-35-33-31-29-27-25-23-21-19-17-15-13-11-9-7-2/h8,10,14,16,20,22,26,28,32,34,38,40,42-43,45-46,50,52,56,58,62,64,68,70,83H,6-7,9,11-13,15,17-19,21,23-25,27,29-31,33,35-37,39,41,44,47-49,51,53-55,57,59-61,63,65-67,69,71-82H2,1-5H3/p+1/b10-8-,16-14-,22-20-,28-26-,34-32-,40-38-,43-42-,46-45-,52-50-,58-56-,64-62-,70-68-. The molecule has 0 saturated heterocycles. The minimum Gasteiger partial charge on any atom is -0.462 e. The molecule has 9 nitrogen and oxygen atoms in total. The second-order valence-electron chi connectivity index (χ2n) is 27.0. The van der Waals surface area contributed by atoms with Crippen LogP contribution in [-0.4, -0.2) is 74.9 Å². The SMILES string of the molecule is CC/C=C\C/C=C\C/C=C\C/C=C\C/C=C\C/C=C\C/C=C\C/C=C\C/C=C\C/C=C\C/C=C\C/C=C\CCCCC(=O)OC(COC(=O)CCCCCCCCCCCCCCCCCCCCCCCCCCCCCCCCCC)COP(=O)(O)OCC[N+](C)(C)C. The summed E-state index contributed by atoms with van der Waals surface area (Å²) >= 11 is 0. The molecule has 0 aromatic rings. The highest BCUT2D eigenvalue weighted by molar-refractivity contribution is 7.47. The maximum atomic E-state index is 12.9. The molecule has 0 saturated carbocycles. The van der Waals surface area contributed by atoms with E-state index in [2.05, 4.69) is 160 Å². The zero-order chi connectivity index (χ0) is 69.0. The van der Waals surface area contributed by atoms with Gasteiger partial charge in [0, 0.05) is 12.8 Å². The smallest absolute Gasteiger partial charge is 0.462 e. The molecule has 2 atom stereocenters. The molecule has 0 bridgehead atoms. The van der Waals surface area contributed by atoms with Crippen LogP contribution >= 0.6 is 7.82 Å². The van der Waals surface area contributed by atoms with Gasteiger partial charge in [0.25, 0.3) is 0 Å². The third-order valence-electron chi connectivity index (χ3n) is 16.6. The number of phosphoric ester groups is 1. The minimum absolute atomic E-state index is 0.0172. The number of hydrogen-bond acceptors (Lipinski definition) is 7. The summed E-state index contributed by atoms with van der Waals surface area (Å²) in [6.45, 7) is 4.30. The van der Waals surface area contributed by atoms with Crippen molar-refractivity contribution in [2.24, 2.45) is 0 Å². The van der Waals surface area contributed by atoms with Crippen LogP contribution in [0.5, 0.6) is 0 Å². The molecule has 0 fully saturated rings. The molecule has 0 spiro atoms. The first kappa shape index (κ1) is 90.9. The van der Waals surface area contributed by atoms with Crippen LogP contribution in [0, 0.1) is 0 Å². The van der Waals surface area contributed by atoms with Gasteiger partial charge in [-0.1, -0.05) is 359 Å². The number of hydrogen-bond donors (Lipinski definition) is 1. The highest BCUT2D eigenvalue weighted by Crippen LogP contribution is 2.43. The number of rotatable bonds is 71. The van der Waals surface area contributed by atoms with Crippen molar-refractivity contribution >= 4 is 19.8 Å². The van der Waals surface area contributed by atoms with Crippen LogP contribution < -0.4 is 0 Å². The largest absolute Gasteiger partial charge is 0.472 e. The first-order valence-electron chi connectivity index (χ1n) is 39.1. The minimum atomic E-state index is -4.42. The maximum absolute atomic E-state index is 12.9. The van der Waals surface area contributed by atoms with E-state index < -0.39 is 26.5 Å². The Labute approximate surface area is 586 Å². The van der Waals surface area contributed by atoms with E-state index in [1.165, 1.54) is 186 Å². The Bertz CT molecular complexity index is 2120. The lowest BCUT2D eigenvalue weighted by atomic mass is 10.0. The van der Waals surface area contributed by atoms with E-state index >= 15 is 0 Å². The van der Waals surface area contributed by atoms with Gasteiger partial charge in [0.1, 0.15) is 19.8 Å². The van der Waals surface area contributed by atoms with Gasteiger partial charge >= 0.3 is 19.8 Å². The lowest BCUT2D eigenvalue weighted by Gasteiger charge is -2.24. The molecule has 0 rings (SSSR count). The number of unbranched alkanes of at least 4 members (excludes halogenated alkanes) is 33. The number of phosphoric acid groups is 1. The predicted molar refractivity (Wildman–Crippen MR) is 413 cm³/mol. The summed E-state index contributed by atoms with van der Waals surface area (Å²) in [7, 11) is 1.44. The van der Waals surface area contributed by atoms with Crippen LogP contribution in [0.2, 0.25) is 0 Å². The second-order valence-corrected chi connectivity index (χ2v) is 28.5. The van der Waals surface area contributed by atoms with Crippen molar-refractivity contribution in [1.29, 1.82) is 0 Å². The predicted octanol–water partition coefficient (Wildman–Crippen LogP) is 26.1. The Kier molecular flexibility index (Phi) is 70.9. The molecule has 0 aromatic heterocycles. The van der Waals surface area contributed by atoms with Crippen molar-refractivity contribution in [3.63, 3.8) is 0 Å². The number of nitrogens with zero attached hydrogens (tertiary/aromatic N) is 1. The van der Waals surface area contributed by atoms with Gasteiger partial charge < -0.3 is 18.9 Å². The molecule has 2 unspecified atom stereocenters. The molecule has 1 N–H and O–H groups in total. The number of allylic oxidation sites excluding steroid dienone is 24. The highest BCUT2D eigenvalue weighted by atomic mass is 31.2. The summed E-state index contributed by atoms with van der Waals surface area (Å²) in [6.07, 6.45) is 110. The molecule has 0 aliphatic rings. The third kappa shape index (κ3) is 78.8. The highest BCUT2D eigenvalue weighted by Gasteiger charge is 2.27. The fourth-order valence-corrected chi connectivity index (χ4v) is 11.4. The molecule has 95 heavy (non-hydrogen) atoms. The van der Waals surface area contributed by atoms with E-state index in [1.54, 1.807) is 0 Å². The van der Waals surface area contributed by atoms with Crippen molar-refractivity contribution < 1.29 is 42.1 Å². The van der Waals surface area contributed by atoms with Gasteiger partial charge in [0.05, 0.1) is 27.7 Å². The number of ether oxygens (including phenoxy) is 2. The normalized spacial score (nSPS) is 13.9. The second kappa shape index (κ2) is 74.1. The summed E-state index contributed by atoms with van der Waals surface area (Å²) in [4.78, 5) is 35.9. The van der Waals surface area contributed by atoms with E-state index in [9.17, 15) is 19.0 Å². The lowest BCUT2D eigenvalue weighted by molar-refractivity contribution is -0.870. The first-order chi connectivity index (χ1) is 46.5. The molecule has 0 radical (unpaired) electrons. The summed E-state index contributed by atoms with van der Waals surface area (Å²) in [5.41, 5.74) is 0. The van der Waals surface area contributed by atoms with Gasteiger partial charge in [-0.15, -0.1) is 0 Å². The number of carbonyl (C=O) groups is 2. The van der Waals surface area contributed by atoms with Gasteiger partial charge in [0.15, 0.2) is 6.10 Å². The van der Waals surface area contributed by atoms with Crippen LogP contribution in [0.3, 0.4) is 0 Å². The Morgan fingerprint density at radius 2 is 0.600 bits per heavy atom. The third-order valence-corrected chi connectivity index (χ3v) is 17.6.